The number of ether oxygens (including phenoxy) is 4. The van der Waals surface area contributed by atoms with E-state index in [1.165, 1.54) is 20.1 Å². The van der Waals surface area contributed by atoms with E-state index in [0.29, 0.717) is 24.8 Å². The van der Waals surface area contributed by atoms with Crippen LogP contribution >= 0.6 is 0 Å². The first-order chi connectivity index (χ1) is 18.9. The molecule has 2 heterocycles. The molecule has 3 N–H and O–H groups in total. The van der Waals surface area contributed by atoms with Crippen molar-refractivity contribution in [1.82, 2.24) is 4.90 Å². The molecule has 10 heteroatoms. The molecule has 0 aromatic rings. The van der Waals surface area contributed by atoms with Crippen molar-refractivity contribution in [3.63, 3.8) is 0 Å². The van der Waals surface area contributed by atoms with Crippen molar-refractivity contribution < 1.29 is 43.9 Å². The number of aliphatic hydroxyl groups excluding tert-OH is 2. The fraction of sp³-hybridized carbons (Fsp3) is 0.871. The molecule has 0 aliphatic carbocycles. The Balaban J connectivity index is 2.64. The summed E-state index contributed by atoms with van der Waals surface area (Å²) in [5, 5.41) is 34.0. The molecule has 2 rings (SSSR count). The van der Waals surface area contributed by atoms with E-state index in [9.17, 15) is 24.9 Å². The number of carbonyl (C=O) groups is 2. The largest absolute Gasteiger partial charge is 0.459 e. The minimum atomic E-state index is -1.59. The van der Waals surface area contributed by atoms with Gasteiger partial charge in [0.25, 0.3) is 0 Å². The minimum Gasteiger partial charge on any atom is -0.459 e. The molecule has 0 radical (unpaired) electrons. The summed E-state index contributed by atoms with van der Waals surface area (Å²) in [6.45, 7) is 14.0. The van der Waals surface area contributed by atoms with Crippen LogP contribution in [-0.4, -0.2) is 107 Å². The first-order valence-electron chi connectivity index (χ1n) is 15.0. The van der Waals surface area contributed by atoms with Gasteiger partial charge < -0.3 is 39.2 Å². The first kappa shape index (κ1) is 35.8. The molecule has 2 aliphatic rings. The Kier molecular flexibility index (Phi) is 12.6. The van der Waals surface area contributed by atoms with Gasteiger partial charge in [-0.25, -0.2) is 0 Å². The molecule has 10 nitrogen and oxygen atoms in total. The Labute approximate surface area is 246 Å². The highest BCUT2D eigenvalue weighted by Gasteiger charge is 2.49. The van der Waals surface area contributed by atoms with E-state index in [4.69, 9.17) is 18.9 Å². The number of aliphatic hydroxyl groups is 3. The first-order valence-corrected chi connectivity index (χ1v) is 15.0. The molecular weight excluding hydrogens is 530 g/mol. The van der Waals surface area contributed by atoms with Gasteiger partial charge in [-0.05, 0) is 79.1 Å². The van der Waals surface area contributed by atoms with Crippen LogP contribution in [0.25, 0.3) is 0 Å². The highest BCUT2D eigenvalue weighted by atomic mass is 16.7. The number of carbonyl (C=O) groups excluding carboxylic acids is 2. The Bertz CT molecular complexity index is 921. The zero-order valence-electron chi connectivity index (χ0n) is 26.9. The average Bonchev–Trinajstić information content (AvgIpc) is 2.91. The zero-order valence-corrected chi connectivity index (χ0v) is 26.9. The van der Waals surface area contributed by atoms with Crippen LogP contribution in [0.5, 0.6) is 0 Å². The molecule has 238 valence electrons. The smallest absolute Gasteiger partial charge is 0.311 e. The number of Topliss-reactive ketones (excluding diaryl/α,β-unsaturated/α-hetero) is 1. The second-order valence-electron chi connectivity index (χ2n) is 12.8. The molecule has 0 aromatic carbocycles. The van der Waals surface area contributed by atoms with E-state index in [0.717, 1.165) is 0 Å². The van der Waals surface area contributed by atoms with Crippen molar-refractivity contribution in [3.8, 4) is 0 Å². The summed E-state index contributed by atoms with van der Waals surface area (Å²) in [7, 11) is 5.29. The van der Waals surface area contributed by atoms with Gasteiger partial charge in [-0.3, -0.25) is 9.59 Å². The fourth-order valence-corrected chi connectivity index (χ4v) is 6.39. The minimum absolute atomic E-state index is 0.162. The standard InChI is InChI=1S/C31H55NO9/c1-12-21-16-30(7,37)23(13-2)40-28(36)20(6)25(34)19(5)27(31(8,38-11)15-17(3)24(21)33)41-29-26(35)22(32(9)10)14-18(4)39-29/h16-20,22-23,25-27,29,34-35,37H,12-15H2,1-11H3/b21-16+/t17-,18-,19+,20-,22?,23-,25+,26-,27-,29?,30+,31+/m1/s1. The molecule has 0 spiro atoms. The molecule has 1 saturated heterocycles. The average molecular weight is 586 g/mol. The Morgan fingerprint density at radius 3 is 2.20 bits per heavy atom. The number of hydrogen-bond donors (Lipinski definition) is 3. The second kappa shape index (κ2) is 14.4. The summed E-state index contributed by atoms with van der Waals surface area (Å²) >= 11 is 0. The van der Waals surface area contributed by atoms with Crippen molar-refractivity contribution in [2.24, 2.45) is 17.8 Å². The maximum Gasteiger partial charge on any atom is 0.311 e. The van der Waals surface area contributed by atoms with Crippen molar-refractivity contribution in [1.29, 1.82) is 0 Å². The predicted octanol–water partition coefficient (Wildman–Crippen LogP) is 2.85. The number of cyclic esters (lactones) is 1. The molecule has 1 fully saturated rings. The number of methoxy groups -OCH3 is 1. The summed E-state index contributed by atoms with van der Waals surface area (Å²) in [6, 6.07) is -0.221. The highest BCUT2D eigenvalue weighted by Crippen LogP contribution is 2.38. The monoisotopic (exact) mass is 585 g/mol. The van der Waals surface area contributed by atoms with Crippen molar-refractivity contribution in [3.05, 3.63) is 11.6 Å². The van der Waals surface area contributed by atoms with Gasteiger partial charge in [-0.15, -0.1) is 0 Å². The third-order valence-corrected chi connectivity index (χ3v) is 9.13. The molecule has 0 saturated carbocycles. The number of likely N-dealkylation sites (N-methyl/N-ethyl adjacent to an activating group) is 1. The fourth-order valence-electron chi connectivity index (χ4n) is 6.39. The number of nitrogens with zero attached hydrogens (tertiary/aromatic N) is 1. The second-order valence-corrected chi connectivity index (χ2v) is 12.8. The van der Waals surface area contributed by atoms with Crippen molar-refractivity contribution >= 4 is 11.8 Å². The number of hydrogen-bond acceptors (Lipinski definition) is 10. The Morgan fingerprint density at radius 2 is 1.68 bits per heavy atom. The van der Waals surface area contributed by atoms with Crippen LogP contribution in [0.15, 0.2) is 11.6 Å². The van der Waals surface area contributed by atoms with Crippen LogP contribution in [-0.2, 0) is 28.5 Å². The lowest BCUT2D eigenvalue weighted by molar-refractivity contribution is -0.301. The maximum absolute atomic E-state index is 13.7. The van der Waals surface area contributed by atoms with E-state index in [1.807, 2.05) is 32.8 Å². The molecular formula is C31H55NO9. The van der Waals surface area contributed by atoms with Gasteiger partial charge in [0.15, 0.2) is 12.1 Å². The lowest BCUT2D eigenvalue weighted by Gasteiger charge is -2.47. The van der Waals surface area contributed by atoms with Crippen molar-refractivity contribution in [2.45, 2.75) is 135 Å². The van der Waals surface area contributed by atoms with Crippen LogP contribution in [0, 0.1) is 17.8 Å². The third kappa shape index (κ3) is 8.16. The molecule has 12 atom stereocenters. The van der Waals surface area contributed by atoms with Gasteiger partial charge in [0, 0.05) is 25.0 Å². The summed E-state index contributed by atoms with van der Waals surface area (Å²) in [5.41, 5.74) is -2.29. The number of rotatable bonds is 6. The number of esters is 1. The molecule has 0 aromatic heterocycles. The third-order valence-electron chi connectivity index (χ3n) is 9.13. The zero-order chi connectivity index (χ0) is 31.4. The van der Waals surface area contributed by atoms with Crippen LogP contribution in [0.4, 0.5) is 0 Å². The van der Waals surface area contributed by atoms with Gasteiger partial charge in [-0.1, -0.05) is 27.7 Å². The van der Waals surface area contributed by atoms with Crippen LogP contribution in [0.3, 0.4) is 0 Å². The van der Waals surface area contributed by atoms with Gasteiger partial charge in [-0.2, -0.15) is 0 Å². The van der Waals surface area contributed by atoms with E-state index < -0.39 is 65.6 Å². The molecule has 0 amide bonds. The SMILES string of the molecule is CC/C1=C\[C@](C)(O)[C@@H](CC)OC(=O)[C@H](C)[C@@H](O)[C@H](C)[C@@H](OC2O[C@H](C)CC(N(C)C)[C@H]2O)[C@@](C)(OC)C[C@@H](C)C1=O. The molecule has 0 bridgehead atoms. The number of allylic oxidation sites excluding steroid dienone is 1. The lowest BCUT2D eigenvalue weighted by atomic mass is 9.76. The van der Waals surface area contributed by atoms with Gasteiger partial charge in [0.1, 0.15) is 17.8 Å². The predicted molar refractivity (Wildman–Crippen MR) is 155 cm³/mol. The van der Waals surface area contributed by atoms with Crippen molar-refractivity contribution in [2.75, 3.05) is 21.2 Å². The maximum atomic E-state index is 13.7. The molecule has 41 heavy (non-hydrogen) atoms. The van der Waals surface area contributed by atoms with E-state index in [1.54, 1.807) is 34.6 Å². The van der Waals surface area contributed by atoms with Gasteiger partial charge in [0.05, 0.1) is 29.8 Å². The van der Waals surface area contributed by atoms with Gasteiger partial charge >= 0.3 is 5.97 Å². The van der Waals surface area contributed by atoms with E-state index in [2.05, 4.69) is 0 Å². The lowest BCUT2D eigenvalue weighted by Crippen LogP contribution is -2.59. The number of ketones is 1. The molecule has 2 unspecified atom stereocenters. The normalized spacial score (nSPS) is 45.1. The molecule has 2 aliphatic heterocycles. The Morgan fingerprint density at radius 1 is 1.07 bits per heavy atom. The van der Waals surface area contributed by atoms with E-state index in [-0.39, 0.29) is 24.3 Å². The van der Waals surface area contributed by atoms with Crippen LogP contribution < -0.4 is 0 Å². The highest BCUT2D eigenvalue weighted by molar-refractivity contribution is 5.97. The van der Waals surface area contributed by atoms with Gasteiger partial charge in [0.2, 0.25) is 0 Å². The van der Waals surface area contributed by atoms with Crippen LogP contribution in [0.1, 0.15) is 81.1 Å². The summed E-state index contributed by atoms with van der Waals surface area (Å²) in [4.78, 5) is 28.9. The Hall–Kier alpha value is -1.40. The van der Waals surface area contributed by atoms with Crippen LogP contribution in [0.2, 0.25) is 0 Å². The topological polar surface area (TPSA) is 135 Å². The summed E-state index contributed by atoms with van der Waals surface area (Å²) < 4.78 is 24.4. The van der Waals surface area contributed by atoms with E-state index >= 15 is 0 Å². The summed E-state index contributed by atoms with van der Waals surface area (Å²) in [6.07, 6.45) is -2.24. The quantitative estimate of drug-likeness (QED) is 0.400. The summed E-state index contributed by atoms with van der Waals surface area (Å²) in [5.74, 6) is -3.05.